The lowest BCUT2D eigenvalue weighted by Crippen LogP contribution is -2.37. The smallest absolute Gasteiger partial charge is 0.280 e. The number of hydrazine groups is 1. The van der Waals surface area contributed by atoms with Gasteiger partial charge in [0.15, 0.2) is 0 Å². The van der Waals surface area contributed by atoms with Crippen molar-refractivity contribution in [1.82, 2.24) is 20.6 Å². The molecule has 3 N–H and O–H groups in total. The van der Waals surface area contributed by atoms with E-state index in [4.69, 9.17) is 0 Å². The third kappa shape index (κ3) is 3.62. The predicted molar refractivity (Wildman–Crippen MR) is 105 cm³/mol. The van der Waals surface area contributed by atoms with E-state index >= 15 is 0 Å². The fourth-order valence-corrected chi connectivity index (χ4v) is 2.96. The molecule has 0 unspecified atom stereocenters. The number of hydrogen-bond acceptors (Lipinski definition) is 3. The Kier molecular flexibility index (Phi) is 5.09. The van der Waals surface area contributed by atoms with Gasteiger partial charge in [0.25, 0.3) is 11.5 Å². The second-order valence-electron chi connectivity index (χ2n) is 5.66. The number of amides is 1. The molecule has 6 nitrogen and oxygen atoms in total. The van der Waals surface area contributed by atoms with Crippen molar-refractivity contribution >= 4 is 27.5 Å². The van der Waals surface area contributed by atoms with E-state index < -0.39 is 0 Å². The van der Waals surface area contributed by atoms with Gasteiger partial charge in [0.1, 0.15) is 0 Å². The lowest BCUT2D eigenvalue weighted by atomic mass is 10.2. The number of para-hydroxylation sites is 1. The minimum Gasteiger partial charge on any atom is -0.298 e. The SMILES string of the molecule is C=C(NNC(=O)c1cccc(Br)c1)c1c(C)[nH]n(-c2ccccc2)c1=O. The molecule has 132 valence electrons. The monoisotopic (exact) mass is 412 g/mol. The molecule has 0 aliphatic carbocycles. The molecule has 0 radical (unpaired) electrons. The number of rotatable bonds is 5. The van der Waals surface area contributed by atoms with Crippen LogP contribution in [0.15, 0.2) is 70.4 Å². The molecule has 0 bridgehead atoms. The van der Waals surface area contributed by atoms with Crippen LogP contribution in [0, 0.1) is 6.92 Å². The Labute approximate surface area is 158 Å². The summed E-state index contributed by atoms with van der Waals surface area (Å²) in [6.07, 6.45) is 0. The van der Waals surface area contributed by atoms with Gasteiger partial charge in [-0.1, -0.05) is 46.8 Å². The van der Waals surface area contributed by atoms with Crippen LogP contribution in [-0.2, 0) is 0 Å². The molecular formula is C19H17BrN4O2. The van der Waals surface area contributed by atoms with Crippen molar-refractivity contribution in [2.45, 2.75) is 6.92 Å². The first kappa shape index (κ1) is 17.8. The summed E-state index contributed by atoms with van der Waals surface area (Å²) in [6.45, 7) is 5.65. The van der Waals surface area contributed by atoms with Crippen LogP contribution in [0.5, 0.6) is 0 Å². The first-order chi connectivity index (χ1) is 12.5. The number of aromatic amines is 1. The zero-order chi connectivity index (χ0) is 18.7. The number of hydrogen-bond donors (Lipinski definition) is 3. The number of H-pyrrole nitrogens is 1. The van der Waals surface area contributed by atoms with Crippen molar-refractivity contribution < 1.29 is 4.79 Å². The molecule has 7 heteroatoms. The van der Waals surface area contributed by atoms with Crippen LogP contribution in [0.1, 0.15) is 21.6 Å². The van der Waals surface area contributed by atoms with E-state index in [-0.39, 0.29) is 11.5 Å². The van der Waals surface area contributed by atoms with Gasteiger partial charge in [-0.2, -0.15) is 0 Å². The molecule has 3 aromatic rings. The molecule has 0 fully saturated rings. The standard InChI is InChI=1S/C19H17BrN4O2/c1-12(21-22-18(25)14-7-6-8-15(20)11-14)17-13(2)23-24(19(17)26)16-9-4-3-5-10-16/h3-11,21,23H,1H2,2H3,(H,22,25). The normalized spacial score (nSPS) is 10.4. The summed E-state index contributed by atoms with van der Waals surface area (Å²) >= 11 is 3.33. The summed E-state index contributed by atoms with van der Waals surface area (Å²) in [5.41, 5.74) is 7.56. The largest absolute Gasteiger partial charge is 0.298 e. The Hall–Kier alpha value is -3.06. The number of benzene rings is 2. The minimum atomic E-state index is -0.330. The fourth-order valence-electron chi connectivity index (χ4n) is 2.56. The zero-order valence-electron chi connectivity index (χ0n) is 14.0. The van der Waals surface area contributed by atoms with Gasteiger partial charge in [-0.25, -0.2) is 4.68 Å². The van der Waals surface area contributed by atoms with E-state index in [1.807, 2.05) is 36.4 Å². The quantitative estimate of drug-likeness (QED) is 0.563. The van der Waals surface area contributed by atoms with E-state index in [1.54, 1.807) is 25.1 Å². The minimum absolute atomic E-state index is 0.247. The second kappa shape index (κ2) is 7.45. The molecule has 26 heavy (non-hydrogen) atoms. The maximum absolute atomic E-state index is 12.7. The molecule has 2 aromatic carbocycles. The van der Waals surface area contributed by atoms with Crippen molar-refractivity contribution in [3.63, 3.8) is 0 Å². The van der Waals surface area contributed by atoms with E-state index in [9.17, 15) is 9.59 Å². The number of carbonyl (C=O) groups is 1. The molecule has 3 rings (SSSR count). The summed E-state index contributed by atoms with van der Waals surface area (Å²) in [4.78, 5) is 24.9. The van der Waals surface area contributed by atoms with Crippen molar-refractivity contribution in [2.75, 3.05) is 0 Å². The van der Waals surface area contributed by atoms with Crippen molar-refractivity contribution in [1.29, 1.82) is 0 Å². The molecule has 1 aromatic heterocycles. The Morgan fingerprint density at radius 2 is 1.85 bits per heavy atom. The fraction of sp³-hybridized carbons (Fsp3) is 0.0526. The average molecular weight is 413 g/mol. The van der Waals surface area contributed by atoms with Crippen LogP contribution in [0.2, 0.25) is 0 Å². The first-order valence-corrected chi connectivity index (χ1v) is 8.65. The van der Waals surface area contributed by atoms with Crippen LogP contribution in [0.3, 0.4) is 0 Å². The van der Waals surface area contributed by atoms with Gasteiger partial charge < -0.3 is 0 Å². The molecule has 0 saturated carbocycles. The van der Waals surface area contributed by atoms with E-state index in [0.717, 1.165) is 10.2 Å². The molecule has 0 spiro atoms. The van der Waals surface area contributed by atoms with Crippen molar-refractivity contribution in [2.24, 2.45) is 0 Å². The van der Waals surface area contributed by atoms with Crippen LogP contribution >= 0.6 is 15.9 Å². The number of carbonyl (C=O) groups excluding carboxylic acids is 1. The highest BCUT2D eigenvalue weighted by atomic mass is 79.9. The van der Waals surface area contributed by atoms with Gasteiger partial charge in [0, 0.05) is 15.7 Å². The summed E-state index contributed by atoms with van der Waals surface area (Å²) in [5.74, 6) is -0.330. The van der Waals surface area contributed by atoms with Gasteiger partial charge in [-0.3, -0.25) is 25.5 Å². The third-order valence-corrected chi connectivity index (χ3v) is 4.29. The van der Waals surface area contributed by atoms with Crippen LogP contribution in [-0.4, -0.2) is 15.7 Å². The average Bonchev–Trinajstić information content (AvgIpc) is 2.94. The molecule has 0 atom stereocenters. The zero-order valence-corrected chi connectivity index (χ0v) is 15.6. The Morgan fingerprint density at radius 1 is 1.12 bits per heavy atom. The van der Waals surface area contributed by atoms with Gasteiger partial charge in [-0.15, -0.1) is 0 Å². The summed E-state index contributed by atoms with van der Waals surface area (Å²) in [7, 11) is 0. The number of aromatic nitrogens is 2. The molecule has 1 amide bonds. The van der Waals surface area contributed by atoms with Crippen LogP contribution < -0.4 is 16.4 Å². The van der Waals surface area contributed by atoms with Crippen molar-refractivity contribution in [3.8, 4) is 5.69 Å². The van der Waals surface area contributed by atoms with Gasteiger partial charge >= 0.3 is 0 Å². The Morgan fingerprint density at radius 3 is 2.54 bits per heavy atom. The highest BCUT2D eigenvalue weighted by molar-refractivity contribution is 9.10. The van der Waals surface area contributed by atoms with Gasteiger partial charge in [0.2, 0.25) is 0 Å². The highest BCUT2D eigenvalue weighted by Gasteiger charge is 2.16. The predicted octanol–water partition coefficient (Wildman–Crippen LogP) is 3.14. The Bertz CT molecular complexity index is 1020. The molecular weight excluding hydrogens is 396 g/mol. The molecule has 1 heterocycles. The van der Waals surface area contributed by atoms with Crippen LogP contribution in [0.25, 0.3) is 11.4 Å². The number of halogens is 1. The number of nitrogens with one attached hydrogen (secondary N) is 3. The highest BCUT2D eigenvalue weighted by Crippen LogP contribution is 2.13. The number of aryl methyl sites for hydroxylation is 1. The van der Waals surface area contributed by atoms with Gasteiger partial charge in [-0.05, 0) is 37.3 Å². The molecule has 0 aliphatic rings. The maximum atomic E-state index is 12.7. The Balaban J connectivity index is 1.78. The summed E-state index contributed by atoms with van der Waals surface area (Å²) < 4.78 is 2.24. The van der Waals surface area contributed by atoms with Crippen LogP contribution in [0.4, 0.5) is 0 Å². The third-order valence-electron chi connectivity index (χ3n) is 3.80. The first-order valence-electron chi connectivity index (χ1n) is 7.85. The number of nitrogens with zero attached hydrogens (tertiary/aromatic N) is 1. The second-order valence-corrected chi connectivity index (χ2v) is 6.57. The topological polar surface area (TPSA) is 78.9 Å². The molecule has 0 saturated heterocycles. The van der Waals surface area contributed by atoms with Crippen molar-refractivity contribution in [3.05, 3.63) is 92.8 Å². The summed E-state index contributed by atoms with van der Waals surface area (Å²) in [5, 5.41) is 3.02. The van der Waals surface area contributed by atoms with E-state index in [0.29, 0.717) is 22.5 Å². The maximum Gasteiger partial charge on any atom is 0.280 e. The van der Waals surface area contributed by atoms with E-state index in [2.05, 4.69) is 38.5 Å². The van der Waals surface area contributed by atoms with E-state index in [1.165, 1.54) is 4.68 Å². The summed E-state index contributed by atoms with van der Waals surface area (Å²) in [6, 6.07) is 16.2. The molecule has 0 aliphatic heterocycles. The van der Waals surface area contributed by atoms with Gasteiger partial charge in [0.05, 0.1) is 16.9 Å². The lowest BCUT2D eigenvalue weighted by molar-refractivity contribution is 0.0942. The lowest BCUT2D eigenvalue weighted by Gasteiger charge is -2.10.